The van der Waals surface area contributed by atoms with E-state index in [1.54, 1.807) is 4.90 Å². The van der Waals surface area contributed by atoms with E-state index in [0.29, 0.717) is 32.1 Å². The van der Waals surface area contributed by atoms with Gasteiger partial charge in [0.15, 0.2) is 5.66 Å². The van der Waals surface area contributed by atoms with Crippen LogP contribution in [0.4, 0.5) is 4.79 Å². The summed E-state index contributed by atoms with van der Waals surface area (Å²) < 4.78 is 5.50. The first-order valence-electron chi connectivity index (χ1n) is 10.1. The Morgan fingerprint density at radius 3 is 2.39 bits per heavy atom. The van der Waals surface area contributed by atoms with E-state index in [1.165, 1.54) is 0 Å². The summed E-state index contributed by atoms with van der Waals surface area (Å²) in [7, 11) is 0. The Kier molecular flexibility index (Phi) is 5.95. The number of hydrogen-bond acceptors (Lipinski definition) is 6. The van der Waals surface area contributed by atoms with E-state index in [1.807, 2.05) is 51.1 Å². The molecule has 2 aliphatic rings. The lowest BCUT2D eigenvalue weighted by molar-refractivity contribution is -0.286. The zero-order valence-corrected chi connectivity index (χ0v) is 17.6. The predicted octanol–water partition coefficient (Wildman–Crippen LogP) is 3.77. The maximum Gasteiger partial charge on any atom is 0.410 e. The summed E-state index contributed by atoms with van der Waals surface area (Å²) >= 11 is 0. The number of hydrazine groups is 1. The van der Waals surface area contributed by atoms with E-state index < -0.39 is 11.3 Å². The third-order valence-electron chi connectivity index (χ3n) is 4.88. The summed E-state index contributed by atoms with van der Waals surface area (Å²) in [6.07, 6.45) is 1.56. The monoisotopic (exact) mass is 388 g/mol. The number of rotatable bonds is 4. The van der Waals surface area contributed by atoms with Gasteiger partial charge in [-0.05, 0) is 37.9 Å². The molecule has 1 saturated heterocycles. The molecular formula is C21H32N4O3. The number of hydrogen-bond donors (Lipinski definition) is 0. The second kappa shape index (κ2) is 8.09. The molecule has 1 amide bonds. The van der Waals surface area contributed by atoms with Crippen molar-refractivity contribution >= 4 is 12.0 Å². The maximum absolute atomic E-state index is 12.4. The zero-order valence-electron chi connectivity index (χ0n) is 17.6. The molecule has 0 spiro atoms. The van der Waals surface area contributed by atoms with Gasteiger partial charge < -0.3 is 14.5 Å². The third kappa shape index (κ3) is 4.31. The van der Waals surface area contributed by atoms with Crippen molar-refractivity contribution in [1.29, 1.82) is 0 Å². The highest BCUT2D eigenvalue weighted by atomic mass is 16.7. The Balaban J connectivity index is 1.75. The van der Waals surface area contributed by atoms with Gasteiger partial charge in [-0.25, -0.2) is 14.8 Å². The Hall–Kier alpha value is -2.12. The third-order valence-corrected chi connectivity index (χ3v) is 4.88. The van der Waals surface area contributed by atoms with Crippen LogP contribution in [-0.2, 0) is 15.2 Å². The first kappa shape index (κ1) is 20.6. The van der Waals surface area contributed by atoms with Crippen LogP contribution in [0.5, 0.6) is 0 Å². The van der Waals surface area contributed by atoms with Gasteiger partial charge >= 0.3 is 6.09 Å². The van der Waals surface area contributed by atoms with Crippen molar-refractivity contribution in [2.75, 3.05) is 26.2 Å². The van der Waals surface area contributed by atoms with Crippen molar-refractivity contribution in [2.45, 2.75) is 58.7 Å². The quantitative estimate of drug-likeness (QED) is 0.786. The van der Waals surface area contributed by atoms with Crippen molar-refractivity contribution in [1.82, 2.24) is 15.1 Å². The van der Waals surface area contributed by atoms with Crippen LogP contribution in [0, 0.1) is 0 Å². The Morgan fingerprint density at radius 1 is 1.18 bits per heavy atom. The molecule has 1 aromatic rings. The molecule has 7 nitrogen and oxygen atoms in total. The van der Waals surface area contributed by atoms with Gasteiger partial charge in [-0.2, -0.15) is 0 Å². The predicted molar refractivity (Wildman–Crippen MR) is 108 cm³/mol. The topological polar surface area (TPSA) is 57.6 Å². The van der Waals surface area contributed by atoms with Gasteiger partial charge in [0.2, 0.25) is 5.90 Å². The molecule has 1 aromatic carbocycles. The van der Waals surface area contributed by atoms with E-state index in [0.717, 1.165) is 18.4 Å². The molecule has 3 rings (SSSR count). The Labute approximate surface area is 167 Å². The van der Waals surface area contributed by atoms with Crippen LogP contribution < -0.4 is 0 Å². The molecule has 1 fully saturated rings. The summed E-state index contributed by atoms with van der Waals surface area (Å²) in [4.78, 5) is 25.1. The van der Waals surface area contributed by atoms with Gasteiger partial charge in [-0.15, -0.1) is 0 Å². The van der Waals surface area contributed by atoms with Gasteiger partial charge in [0.05, 0.1) is 0 Å². The number of ether oxygens (including phenoxy) is 1. The van der Waals surface area contributed by atoms with Crippen molar-refractivity contribution < 1.29 is 14.4 Å². The first-order chi connectivity index (χ1) is 13.2. The largest absolute Gasteiger partial charge is 0.444 e. The maximum atomic E-state index is 12.4. The van der Waals surface area contributed by atoms with Crippen LogP contribution in [0.1, 0.15) is 53.0 Å². The molecule has 7 heteroatoms. The number of carbonyl (C=O) groups is 1. The average Bonchev–Trinajstić information content (AvgIpc) is 2.99. The van der Waals surface area contributed by atoms with Gasteiger partial charge in [-0.1, -0.05) is 43.7 Å². The van der Waals surface area contributed by atoms with E-state index in [9.17, 15) is 4.79 Å². The number of hydroxylamine groups is 1. The molecule has 1 atom stereocenters. The van der Waals surface area contributed by atoms with Crippen LogP contribution in [0.3, 0.4) is 0 Å². The Morgan fingerprint density at radius 2 is 1.82 bits per heavy atom. The summed E-state index contributed by atoms with van der Waals surface area (Å²) in [6.45, 7) is 12.2. The first-order valence-corrected chi connectivity index (χ1v) is 10.1. The SMILES string of the molecule is CCCC1(c2ccccc2)N=C(C)ON1N1CCN(C(=O)OC(C)(C)C)CC1. The summed E-state index contributed by atoms with van der Waals surface area (Å²) in [5.74, 6) is 0.659. The van der Waals surface area contributed by atoms with Crippen LogP contribution in [0.15, 0.2) is 35.3 Å². The second-order valence-electron chi connectivity index (χ2n) is 8.35. The highest BCUT2D eigenvalue weighted by molar-refractivity contribution is 5.75. The fraction of sp³-hybridized carbons (Fsp3) is 0.619. The van der Waals surface area contributed by atoms with Crippen molar-refractivity contribution in [3.63, 3.8) is 0 Å². The number of nitrogens with zero attached hydrogens (tertiary/aromatic N) is 4. The van der Waals surface area contributed by atoms with E-state index in [-0.39, 0.29) is 6.09 Å². The molecular weight excluding hydrogens is 356 g/mol. The molecule has 0 radical (unpaired) electrons. The van der Waals surface area contributed by atoms with Crippen LogP contribution in [-0.4, -0.2) is 58.9 Å². The number of benzene rings is 1. The highest BCUT2D eigenvalue weighted by Crippen LogP contribution is 2.40. The summed E-state index contributed by atoms with van der Waals surface area (Å²) in [5.41, 5.74) is 0.0675. The van der Waals surface area contributed by atoms with Crippen LogP contribution in [0.2, 0.25) is 0 Å². The summed E-state index contributed by atoms with van der Waals surface area (Å²) in [5, 5.41) is 4.08. The second-order valence-corrected chi connectivity index (χ2v) is 8.35. The molecule has 0 aromatic heterocycles. The Bertz CT molecular complexity index is 708. The average molecular weight is 389 g/mol. The zero-order chi connectivity index (χ0) is 20.4. The normalized spacial score (nSPS) is 24.0. The highest BCUT2D eigenvalue weighted by Gasteiger charge is 2.48. The van der Waals surface area contributed by atoms with E-state index >= 15 is 0 Å². The summed E-state index contributed by atoms with van der Waals surface area (Å²) in [6, 6.07) is 10.3. The lowest BCUT2D eigenvalue weighted by Crippen LogP contribution is -2.59. The molecule has 1 unspecified atom stereocenters. The van der Waals surface area contributed by atoms with Crippen molar-refractivity contribution in [2.24, 2.45) is 4.99 Å². The lowest BCUT2D eigenvalue weighted by Gasteiger charge is -2.44. The molecule has 0 saturated carbocycles. The number of piperazine rings is 1. The molecule has 28 heavy (non-hydrogen) atoms. The van der Waals surface area contributed by atoms with Crippen LogP contribution >= 0.6 is 0 Å². The molecule has 2 aliphatic heterocycles. The molecule has 0 bridgehead atoms. The van der Waals surface area contributed by atoms with E-state index in [4.69, 9.17) is 14.6 Å². The van der Waals surface area contributed by atoms with Gasteiger partial charge in [-0.3, -0.25) is 0 Å². The standard InChI is InChI=1S/C21H32N4O3/c1-6-12-21(18-10-8-7-9-11-18)22-17(2)28-25(21)24-15-13-23(14-16-24)19(26)27-20(3,4)5/h7-11H,6,12-16H2,1-5H3. The fourth-order valence-electron chi connectivity index (χ4n) is 3.73. The molecule has 0 N–H and O–H groups in total. The minimum Gasteiger partial charge on any atom is -0.444 e. The van der Waals surface area contributed by atoms with Gasteiger partial charge in [0.25, 0.3) is 0 Å². The number of amides is 1. The lowest BCUT2D eigenvalue weighted by atomic mass is 9.95. The fourth-order valence-corrected chi connectivity index (χ4v) is 3.73. The minimum absolute atomic E-state index is 0.259. The number of carbonyl (C=O) groups excluding carboxylic acids is 1. The molecule has 154 valence electrons. The minimum atomic E-state index is -0.561. The number of aliphatic imine (C=N–C) groups is 1. The van der Waals surface area contributed by atoms with Crippen LogP contribution in [0.25, 0.3) is 0 Å². The van der Waals surface area contributed by atoms with Crippen molar-refractivity contribution in [3.05, 3.63) is 35.9 Å². The van der Waals surface area contributed by atoms with Crippen molar-refractivity contribution in [3.8, 4) is 0 Å². The van der Waals surface area contributed by atoms with Gasteiger partial charge in [0, 0.05) is 33.1 Å². The molecule has 2 heterocycles. The smallest absolute Gasteiger partial charge is 0.410 e. The molecule has 0 aliphatic carbocycles. The van der Waals surface area contributed by atoms with E-state index in [2.05, 4.69) is 24.1 Å². The van der Waals surface area contributed by atoms with Gasteiger partial charge in [0.1, 0.15) is 5.60 Å².